The van der Waals surface area contributed by atoms with E-state index in [4.69, 9.17) is 0 Å². The lowest BCUT2D eigenvalue weighted by molar-refractivity contribution is 0.279. The normalized spacial score (nSPS) is 22.1. The maximum Gasteiger partial charge on any atom is 0.308 e. The molecule has 2 aliphatic heterocycles. The van der Waals surface area contributed by atoms with Crippen molar-refractivity contribution < 1.29 is 4.57 Å². The Morgan fingerprint density at radius 1 is 0.762 bits per heavy atom. The Morgan fingerprint density at radius 3 is 1.71 bits per heavy atom. The van der Waals surface area contributed by atoms with Gasteiger partial charge in [0.15, 0.2) is 0 Å². The van der Waals surface area contributed by atoms with Crippen LogP contribution in [0.2, 0.25) is 0 Å². The minimum Gasteiger partial charge on any atom is -0.313 e. The van der Waals surface area contributed by atoms with Crippen LogP contribution in [-0.2, 0) is 4.57 Å². The summed E-state index contributed by atoms with van der Waals surface area (Å²) in [7, 11) is -2.68. The molecular formula is C16H26N3OP. The van der Waals surface area contributed by atoms with E-state index in [1.807, 2.05) is 30.3 Å². The summed E-state index contributed by atoms with van der Waals surface area (Å²) < 4.78 is 18.3. The number of piperidine rings is 2. The summed E-state index contributed by atoms with van der Waals surface area (Å²) in [6.45, 7) is 3.81. The summed E-state index contributed by atoms with van der Waals surface area (Å²) in [4.78, 5) is 0. The van der Waals surface area contributed by atoms with Gasteiger partial charge < -0.3 is 5.09 Å². The highest BCUT2D eigenvalue weighted by atomic mass is 31.2. The van der Waals surface area contributed by atoms with Gasteiger partial charge in [-0.3, -0.25) is 4.57 Å². The minimum atomic E-state index is -2.68. The predicted octanol–water partition coefficient (Wildman–Crippen LogP) is 4.18. The van der Waals surface area contributed by atoms with Gasteiger partial charge in [0.2, 0.25) is 0 Å². The number of anilines is 1. The van der Waals surface area contributed by atoms with Crippen molar-refractivity contribution in [3.05, 3.63) is 30.3 Å². The Morgan fingerprint density at radius 2 is 1.24 bits per heavy atom. The van der Waals surface area contributed by atoms with Crippen LogP contribution < -0.4 is 5.09 Å². The lowest BCUT2D eigenvalue weighted by Gasteiger charge is -2.42. The fourth-order valence-electron chi connectivity index (χ4n) is 3.30. The molecule has 2 heterocycles. The summed E-state index contributed by atoms with van der Waals surface area (Å²) >= 11 is 0. The topological polar surface area (TPSA) is 35.6 Å². The number of nitrogens with one attached hydrogen (secondary N) is 1. The molecule has 0 spiro atoms. The Bertz CT molecular complexity index is 460. The van der Waals surface area contributed by atoms with Crippen molar-refractivity contribution in [1.82, 2.24) is 9.34 Å². The molecule has 0 atom stereocenters. The minimum absolute atomic E-state index is 0.952. The average molecular weight is 307 g/mol. The number of benzene rings is 1. The molecular weight excluding hydrogens is 281 g/mol. The second-order valence-corrected chi connectivity index (χ2v) is 8.49. The molecule has 116 valence electrons. The molecule has 1 aromatic rings. The van der Waals surface area contributed by atoms with Crippen LogP contribution in [-0.4, -0.2) is 35.5 Å². The van der Waals surface area contributed by atoms with E-state index in [2.05, 4.69) is 14.4 Å². The van der Waals surface area contributed by atoms with Crippen molar-refractivity contribution in [2.45, 2.75) is 38.5 Å². The second kappa shape index (κ2) is 6.95. The highest BCUT2D eigenvalue weighted by Crippen LogP contribution is 2.54. The van der Waals surface area contributed by atoms with E-state index in [1.54, 1.807) is 0 Å². The first-order valence-electron chi connectivity index (χ1n) is 8.23. The molecule has 4 nitrogen and oxygen atoms in total. The molecule has 0 amide bonds. The van der Waals surface area contributed by atoms with E-state index < -0.39 is 7.59 Å². The molecule has 0 aliphatic carbocycles. The van der Waals surface area contributed by atoms with Gasteiger partial charge in [0, 0.05) is 31.9 Å². The lowest BCUT2D eigenvalue weighted by Crippen LogP contribution is -2.40. The van der Waals surface area contributed by atoms with Gasteiger partial charge in [0.05, 0.1) is 0 Å². The molecule has 0 unspecified atom stereocenters. The van der Waals surface area contributed by atoms with Crippen LogP contribution in [0.15, 0.2) is 30.3 Å². The molecule has 0 saturated carbocycles. The standard InChI is InChI=1S/C16H26N3OP/c20-21(18-12-6-2-7-13-18,19-14-8-3-9-15-19)17-16-10-4-1-5-11-16/h1,4-5,10-11H,2-3,6-9,12-15H2,(H,17,20). The zero-order valence-electron chi connectivity index (χ0n) is 12.7. The van der Waals surface area contributed by atoms with Crippen molar-refractivity contribution in [1.29, 1.82) is 0 Å². The number of hydrogen-bond acceptors (Lipinski definition) is 1. The zero-order chi connectivity index (χ0) is 14.5. The van der Waals surface area contributed by atoms with Crippen molar-refractivity contribution in [2.75, 3.05) is 31.3 Å². The Kier molecular flexibility index (Phi) is 4.99. The second-order valence-electron chi connectivity index (χ2n) is 6.05. The van der Waals surface area contributed by atoms with Crippen molar-refractivity contribution in [3.63, 3.8) is 0 Å². The van der Waals surface area contributed by atoms with Gasteiger partial charge in [-0.2, -0.15) is 0 Å². The maximum absolute atomic E-state index is 13.8. The van der Waals surface area contributed by atoms with Crippen molar-refractivity contribution >= 4 is 13.3 Å². The molecule has 21 heavy (non-hydrogen) atoms. The van der Waals surface area contributed by atoms with Crippen LogP contribution >= 0.6 is 7.59 Å². The summed E-state index contributed by atoms with van der Waals surface area (Å²) in [5.41, 5.74) is 0.969. The smallest absolute Gasteiger partial charge is 0.308 e. The van der Waals surface area contributed by atoms with E-state index in [9.17, 15) is 4.57 Å². The van der Waals surface area contributed by atoms with Gasteiger partial charge in [-0.15, -0.1) is 0 Å². The van der Waals surface area contributed by atoms with Gasteiger partial charge >= 0.3 is 7.59 Å². The summed E-state index contributed by atoms with van der Waals surface area (Å²) in [6.07, 6.45) is 7.18. The molecule has 1 aromatic carbocycles. The van der Waals surface area contributed by atoms with Crippen LogP contribution in [0.4, 0.5) is 5.69 Å². The maximum atomic E-state index is 13.8. The molecule has 0 radical (unpaired) electrons. The molecule has 2 aliphatic rings. The van der Waals surface area contributed by atoms with Gasteiger partial charge in [-0.25, -0.2) is 9.34 Å². The van der Waals surface area contributed by atoms with E-state index in [0.717, 1.165) is 57.5 Å². The molecule has 5 heteroatoms. The van der Waals surface area contributed by atoms with Crippen LogP contribution in [0.1, 0.15) is 38.5 Å². The quantitative estimate of drug-likeness (QED) is 0.847. The predicted molar refractivity (Wildman–Crippen MR) is 88.5 cm³/mol. The first-order chi connectivity index (χ1) is 10.3. The molecule has 3 rings (SSSR count). The number of rotatable bonds is 4. The first-order valence-corrected chi connectivity index (χ1v) is 9.84. The van der Waals surface area contributed by atoms with Crippen LogP contribution in [0.5, 0.6) is 0 Å². The molecule has 0 bridgehead atoms. The lowest BCUT2D eigenvalue weighted by atomic mass is 10.2. The van der Waals surface area contributed by atoms with Gasteiger partial charge in [-0.1, -0.05) is 31.0 Å². The third-order valence-electron chi connectivity index (χ3n) is 4.48. The number of hydrogen-bond donors (Lipinski definition) is 1. The van der Waals surface area contributed by atoms with Gasteiger partial charge in [0.25, 0.3) is 0 Å². The molecule has 1 N–H and O–H groups in total. The highest BCUT2D eigenvalue weighted by Gasteiger charge is 2.38. The Balaban J connectivity index is 1.83. The van der Waals surface area contributed by atoms with Crippen LogP contribution in [0.25, 0.3) is 0 Å². The zero-order valence-corrected chi connectivity index (χ0v) is 13.6. The van der Waals surface area contributed by atoms with E-state index in [-0.39, 0.29) is 0 Å². The number of para-hydroxylation sites is 1. The van der Waals surface area contributed by atoms with Gasteiger partial charge in [-0.05, 0) is 37.8 Å². The Labute approximate surface area is 128 Å². The third kappa shape index (κ3) is 3.50. The van der Waals surface area contributed by atoms with Crippen LogP contribution in [0, 0.1) is 0 Å². The fourth-order valence-corrected chi connectivity index (χ4v) is 6.07. The highest BCUT2D eigenvalue weighted by molar-refractivity contribution is 7.60. The van der Waals surface area contributed by atoms with Crippen molar-refractivity contribution in [3.8, 4) is 0 Å². The molecule has 0 aromatic heterocycles. The van der Waals surface area contributed by atoms with E-state index >= 15 is 0 Å². The first kappa shape index (κ1) is 15.1. The Hall–Kier alpha value is -0.830. The third-order valence-corrected chi connectivity index (χ3v) is 7.36. The van der Waals surface area contributed by atoms with Crippen LogP contribution in [0.3, 0.4) is 0 Å². The molecule has 2 fully saturated rings. The monoisotopic (exact) mass is 307 g/mol. The summed E-state index contributed by atoms with van der Waals surface area (Å²) in [5.74, 6) is 0. The summed E-state index contributed by atoms with van der Waals surface area (Å²) in [5, 5.41) is 3.40. The number of nitrogens with zero attached hydrogens (tertiary/aromatic N) is 2. The summed E-state index contributed by atoms with van der Waals surface area (Å²) in [6, 6.07) is 10.0. The average Bonchev–Trinajstić information content (AvgIpc) is 2.57. The van der Waals surface area contributed by atoms with E-state index in [0.29, 0.717) is 0 Å². The fraction of sp³-hybridized carbons (Fsp3) is 0.625. The molecule has 2 saturated heterocycles. The van der Waals surface area contributed by atoms with Crippen molar-refractivity contribution in [2.24, 2.45) is 0 Å². The van der Waals surface area contributed by atoms with E-state index in [1.165, 1.54) is 12.8 Å². The largest absolute Gasteiger partial charge is 0.313 e. The van der Waals surface area contributed by atoms with Gasteiger partial charge in [0.1, 0.15) is 0 Å². The SMILES string of the molecule is O=P(Nc1ccccc1)(N1CCCCC1)N1CCCCC1.